The third-order valence-electron chi connectivity index (χ3n) is 5.20. The molecule has 10 nitrogen and oxygen atoms in total. The molecule has 3 aliphatic heterocycles. The van der Waals surface area contributed by atoms with Crippen molar-refractivity contribution in [3.8, 4) is 0 Å². The molecular formula is C16H21F3N2O8. The number of ether oxygens (including phenoxy) is 3. The van der Waals surface area contributed by atoms with Crippen LogP contribution >= 0.6 is 0 Å². The lowest BCUT2D eigenvalue weighted by Crippen LogP contribution is -2.67. The van der Waals surface area contributed by atoms with Crippen LogP contribution in [-0.2, 0) is 28.6 Å². The second-order valence-electron chi connectivity index (χ2n) is 7.34. The highest BCUT2D eigenvalue weighted by Gasteiger charge is 2.60. The summed E-state index contributed by atoms with van der Waals surface area (Å²) in [6.07, 6.45) is -9.98. The van der Waals surface area contributed by atoms with Crippen molar-refractivity contribution in [2.75, 3.05) is 26.4 Å². The Balaban J connectivity index is 1.55. The van der Waals surface area contributed by atoms with Crippen LogP contribution in [0.15, 0.2) is 0 Å². The Morgan fingerprint density at radius 1 is 1.38 bits per heavy atom. The third-order valence-corrected chi connectivity index (χ3v) is 5.20. The van der Waals surface area contributed by atoms with E-state index in [4.69, 9.17) is 14.2 Å². The minimum absolute atomic E-state index is 0.00864. The molecule has 0 saturated carbocycles. The number of nitrogens with one attached hydrogen (secondary N) is 1. The van der Waals surface area contributed by atoms with E-state index < -0.39 is 48.1 Å². The standard InChI is InChI=1S/C16H21F3N2O8/c1-7-4-8(22)21(12(7)25)2-3-27-5-15-6-28-13(29-15)9(10(23)11(15)24)20-14(26)16(17,18)19/h7,9-11,13,23-24H,2-6H2,1H3,(H,20,26)/t7?,9-,10+,11+,13-,15-/m0/s1. The number of nitrogens with zero attached hydrogens (tertiary/aromatic N) is 1. The van der Waals surface area contributed by atoms with Gasteiger partial charge in [-0.1, -0.05) is 6.92 Å². The van der Waals surface area contributed by atoms with Gasteiger partial charge in [-0.3, -0.25) is 19.3 Å². The van der Waals surface area contributed by atoms with Gasteiger partial charge in [-0.05, 0) is 0 Å². The molecule has 6 atom stereocenters. The van der Waals surface area contributed by atoms with Crippen molar-refractivity contribution in [2.45, 2.75) is 49.7 Å². The maximum absolute atomic E-state index is 12.4. The molecule has 3 rings (SSSR count). The highest BCUT2D eigenvalue weighted by molar-refractivity contribution is 6.03. The van der Waals surface area contributed by atoms with Gasteiger partial charge in [-0.2, -0.15) is 13.2 Å². The number of fused-ring (bicyclic) bond motifs is 2. The van der Waals surface area contributed by atoms with E-state index in [2.05, 4.69) is 0 Å². The zero-order valence-corrected chi connectivity index (χ0v) is 15.3. The van der Waals surface area contributed by atoms with Gasteiger partial charge in [0.05, 0.1) is 26.4 Å². The normalized spacial score (nSPS) is 37.3. The molecule has 13 heteroatoms. The summed E-state index contributed by atoms with van der Waals surface area (Å²) in [6.45, 7) is 0.945. The number of hydrogen-bond donors (Lipinski definition) is 3. The van der Waals surface area contributed by atoms with Gasteiger partial charge in [0.15, 0.2) is 6.29 Å². The quantitative estimate of drug-likeness (QED) is 0.338. The zero-order chi connectivity index (χ0) is 21.6. The van der Waals surface area contributed by atoms with Gasteiger partial charge in [-0.15, -0.1) is 0 Å². The molecule has 3 N–H and O–H groups in total. The molecule has 0 spiro atoms. The number of carbonyl (C=O) groups is 3. The molecule has 0 radical (unpaired) electrons. The minimum atomic E-state index is -5.18. The Morgan fingerprint density at radius 3 is 2.66 bits per heavy atom. The molecule has 2 bridgehead atoms. The summed E-state index contributed by atoms with van der Waals surface area (Å²) >= 11 is 0. The topological polar surface area (TPSA) is 135 Å². The fourth-order valence-electron chi connectivity index (χ4n) is 3.55. The average molecular weight is 426 g/mol. The van der Waals surface area contributed by atoms with Crippen LogP contribution in [0.2, 0.25) is 0 Å². The zero-order valence-electron chi connectivity index (χ0n) is 15.3. The van der Waals surface area contributed by atoms with Gasteiger partial charge in [0.25, 0.3) is 0 Å². The molecule has 3 heterocycles. The number of halogens is 3. The Hall–Kier alpha value is -1.80. The maximum Gasteiger partial charge on any atom is 0.471 e. The van der Waals surface area contributed by atoms with Crippen LogP contribution in [0.4, 0.5) is 13.2 Å². The van der Waals surface area contributed by atoms with Crippen molar-refractivity contribution < 1.29 is 52.0 Å². The van der Waals surface area contributed by atoms with Crippen LogP contribution in [0.5, 0.6) is 0 Å². The van der Waals surface area contributed by atoms with E-state index >= 15 is 0 Å². The number of imide groups is 1. The summed E-state index contributed by atoms with van der Waals surface area (Å²) in [6, 6.07) is -1.63. The van der Waals surface area contributed by atoms with E-state index in [9.17, 15) is 37.8 Å². The van der Waals surface area contributed by atoms with Gasteiger partial charge in [0.2, 0.25) is 11.8 Å². The first kappa shape index (κ1) is 21.9. The van der Waals surface area contributed by atoms with E-state index in [1.54, 1.807) is 12.2 Å². The summed E-state index contributed by atoms with van der Waals surface area (Å²) in [5.41, 5.74) is -1.56. The number of aliphatic hydroxyl groups excluding tert-OH is 2. The summed E-state index contributed by atoms with van der Waals surface area (Å²) in [5.74, 6) is -3.33. The first-order valence-corrected chi connectivity index (χ1v) is 8.91. The monoisotopic (exact) mass is 426 g/mol. The predicted molar refractivity (Wildman–Crippen MR) is 84.9 cm³/mol. The minimum Gasteiger partial charge on any atom is -0.388 e. The van der Waals surface area contributed by atoms with Crippen molar-refractivity contribution in [3.63, 3.8) is 0 Å². The van der Waals surface area contributed by atoms with Crippen LogP contribution in [0.1, 0.15) is 13.3 Å². The number of amides is 3. The van der Waals surface area contributed by atoms with Gasteiger partial charge >= 0.3 is 12.1 Å². The van der Waals surface area contributed by atoms with Crippen molar-refractivity contribution >= 4 is 17.7 Å². The summed E-state index contributed by atoms with van der Waals surface area (Å²) in [7, 11) is 0. The van der Waals surface area contributed by atoms with Gasteiger partial charge in [-0.25, -0.2) is 0 Å². The number of alkyl halides is 3. The highest BCUT2D eigenvalue weighted by Crippen LogP contribution is 2.37. The summed E-state index contributed by atoms with van der Waals surface area (Å²) in [5, 5.41) is 22.1. The molecule has 29 heavy (non-hydrogen) atoms. The average Bonchev–Trinajstić information content (AvgIpc) is 3.14. The van der Waals surface area contributed by atoms with Gasteiger partial charge in [0.1, 0.15) is 23.9 Å². The van der Waals surface area contributed by atoms with E-state index in [0.717, 1.165) is 4.90 Å². The molecule has 3 saturated heterocycles. The second-order valence-corrected chi connectivity index (χ2v) is 7.34. The van der Waals surface area contributed by atoms with Crippen LogP contribution in [0.25, 0.3) is 0 Å². The lowest BCUT2D eigenvalue weighted by molar-refractivity contribution is -0.240. The SMILES string of the molecule is CC1CC(=O)N(CCOC[C@@]23CO[C@@H](O2)[C@@H](NC(=O)C(F)(F)F)[C@@H](O)[C@H]3O)C1=O. The van der Waals surface area contributed by atoms with Gasteiger partial charge < -0.3 is 29.7 Å². The molecule has 0 aromatic heterocycles. The lowest BCUT2D eigenvalue weighted by Gasteiger charge is -2.42. The number of rotatable bonds is 6. The molecule has 0 aromatic rings. The van der Waals surface area contributed by atoms with E-state index in [1.807, 2.05) is 0 Å². The number of likely N-dealkylation sites (tertiary alicyclic amines) is 1. The van der Waals surface area contributed by atoms with E-state index in [-0.39, 0.29) is 44.6 Å². The molecule has 0 aromatic carbocycles. The molecular weight excluding hydrogens is 405 g/mol. The van der Waals surface area contributed by atoms with Crippen LogP contribution in [-0.4, -0.2) is 95.5 Å². The number of carbonyl (C=O) groups excluding carboxylic acids is 3. The van der Waals surface area contributed by atoms with E-state index in [1.165, 1.54) is 0 Å². The maximum atomic E-state index is 12.4. The predicted octanol–water partition coefficient (Wildman–Crippen LogP) is -1.71. The number of hydrogen-bond acceptors (Lipinski definition) is 8. The van der Waals surface area contributed by atoms with E-state index in [0.29, 0.717) is 0 Å². The Morgan fingerprint density at radius 2 is 2.07 bits per heavy atom. The van der Waals surface area contributed by atoms with Crippen molar-refractivity contribution in [1.29, 1.82) is 0 Å². The van der Waals surface area contributed by atoms with Crippen molar-refractivity contribution in [2.24, 2.45) is 5.92 Å². The summed E-state index contributed by atoms with van der Waals surface area (Å²) < 4.78 is 53.4. The molecule has 3 amide bonds. The Labute approximate surface area is 162 Å². The van der Waals surface area contributed by atoms with Crippen molar-refractivity contribution in [3.05, 3.63) is 0 Å². The highest BCUT2D eigenvalue weighted by atomic mass is 19.4. The largest absolute Gasteiger partial charge is 0.471 e. The Bertz CT molecular complexity index is 690. The van der Waals surface area contributed by atoms with Gasteiger partial charge in [0, 0.05) is 12.3 Å². The Kier molecular flexibility index (Phi) is 5.89. The molecule has 3 aliphatic rings. The summed E-state index contributed by atoms with van der Waals surface area (Å²) in [4.78, 5) is 35.8. The van der Waals surface area contributed by atoms with Crippen LogP contribution < -0.4 is 5.32 Å². The number of aliphatic hydroxyl groups is 2. The first-order chi connectivity index (χ1) is 13.5. The molecule has 1 unspecified atom stereocenters. The van der Waals surface area contributed by atoms with Crippen LogP contribution in [0.3, 0.4) is 0 Å². The first-order valence-electron chi connectivity index (χ1n) is 8.91. The van der Waals surface area contributed by atoms with Crippen molar-refractivity contribution in [1.82, 2.24) is 10.2 Å². The lowest BCUT2D eigenvalue weighted by atomic mass is 9.88. The molecule has 3 fully saturated rings. The molecule has 0 aliphatic carbocycles. The fraction of sp³-hybridized carbons (Fsp3) is 0.812. The third kappa shape index (κ3) is 4.10. The van der Waals surface area contributed by atoms with Crippen LogP contribution in [0, 0.1) is 5.92 Å². The smallest absolute Gasteiger partial charge is 0.388 e. The second kappa shape index (κ2) is 7.80. The molecule has 164 valence electrons. The fourth-order valence-corrected chi connectivity index (χ4v) is 3.55.